The molecule has 2 N–H and O–H groups in total. The Morgan fingerprint density at radius 3 is 2.15 bits per heavy atom. The molecule has 0 spiro atoms. The van der Waals surface area contributed by atoms with Gasteiger partial charge in [0.1, 0.15) is 5.82 Å². The van der Waals surface area contributed by atoms with Crippen LogP contribution in [0.3, 0.4) is 0 Å². The topological polar surface area (TPSA) is 66.4 Å². The average Bonchev–Trinajstić information content (AvgIpc) is 1.91. The second kappa shape index (κ2) is 4.92. The van der Waals surface area contributed by atoms with Crippen molar-refractivity contribution in [3.05, 3.63) is 30.1 Å². The summed E-state index contributed by atoms with van der Waals surface area (Å²) in [7, 11) is -4.26. The Balaban J connectivity index is 0. The van der Waals surface area contributed by atoms with Crippen LogP contribution in [-0.2, 0) is 10.3 Å². The van der Waals surface area contributed by atoms with Gasteiger partial charge in [-0.15, -0.1) is 0 Å². The van der Waals surface area contributed by atoms with Gasteiger partial charge in [-0.1, -0.05) is 0 Å². The molecule has 68 valence electrons. The van der Waals surface area contributed by atoms with Crippen LogP contribution in [0.1, 0.15) is 1.43 Å². The SMILES string of the molecule is O=S(=O)(O)Nc1ccc(F)cc1.[H-].[Na+]. The van der Waals surface area contributed by atoms with Gasteiger partial charge in [-0.3, -0.25) is 9.27 Å². The van der Waals surface area contributed by atoms with E-state index in [-0.39, 0.29) is 36.7 Å². The van der Waals surface area contributed by atoms with Crippen LogP contribution < -0.4 is 34.3 Å². The van der Waals surface area contributed by atoms with Crippen molar-refractivity contribution in [2.24, 2.45) is 0 Å². The van der Waals surface area contributed by atoms with E-state index in [4.69, 9.17) is 4.55 Å². The number of halogens is 1. The maximum Gasteiger partial charge on any atom is 1.00 e. The minimum Gasteiger partial charge on any atom is -1.00 e. The Kier molecular flexibility index (Phi) is 4.87. The Morgan fingerprint density at radius 1 is 1.31 bits per heavy atom. The number of anilines is 1. The molecule has 0 saturated carbocycles. The first-order valence-electron chi connectivity index (χ1n) is 2.98. The summed E-state index contributed by atoms with van der Waals surface area (Å²) in [6.07, 6.45) is 0. The second-order valence-corrected chi connectivity index (χ2v) is 3.24. The van der Waals surface area contributed by atoms with Gasteiger partial charge in [0.15, 0.2) is 0 Å². The number of nitrogens with one attached hydrogen (secondary N) is 1. The zero-order chi connectivity index (χ0) is 9.19. The molecule has 4 nitrogen and oxygen atoms in total. The molecule has 0 aliphatic heterocycles. The van der Waals surface area contributed by atoms with Crippen molar-refractivity contribution in [3.63, 3.8) is 0 Å². The molecule has 0 aromatic heterocycles. The molecule has 0 fully saturated rings. The van der Waals surface area contributed by atoms with E-state index in [0.717, 1.165) is 12.1 Å². The Morgan fingerprint density at radius 2 is 1.77 bits per heavy atom. The number of hydrogen-bond acceptors (Lipinski definition) is 2. The van der Waals surface area contributed by atoms with E-state index in [0.29, 0.717) is 0 Å². The second-order valence-electron chi connectivity index (χ2n) is 2.08. The van der Waals surface area contributed by atoms with Gasteiger partial charge in [0, 0.05) is 0 Å². The maximum absolute atomic E-state index is 12.3. The van der Waals surface area contributed by atoms with E-state index in [1.165, 1.54) is 12.1 Å². The van der Waals surface area contributed by atoms with Crippen molar-refractivity contribution in [1.29, 1.82) is 0 Å². The van der Waals surface area contributed by atoms with Gasteiger partial charge in [-0.05, 0) is 24.3 Å². The van der Waals surface area contributed by atoms with Crippen LogP contribution in [0.25, 0.3) is 0 Å². The third-order valence-corrected chi connectivity index (χ3v) is 1.58. The molecule has 0 amide bonds. The van der Waals surface area contributed by atoms with Crippen LogP contribution >= 0.6 is 0 Å². The quantitative estimate of drug-likeness (QED) is 0.450. The molecule has 13 heavy (non-hydrogen) atoms. The number of hydrogen-bond donors (Lipinski definition) is 2. The maximum atomic E-state index is 12.3. The minimum absolute atomic E-state index is 0. The fraction of sp³-hybridized carbons (Fsp3) is 0. The average molecular weight is 215 g/mol. The van der Waals surface area contributed by atoms with Crippen LogP contribution in [0.2, 0.25) is 0 Å². The van der Waals surface area contributed by atoms with Gasteiger partial charge in [0.2, 0.25) is 0 Å². The van der Waals surface area contributed by atoms with Crippen LogP contribution in [0.15, 0.2) is 24.3 Å². The van der Waals surface area contributed by atoms with Crippen molar-refractivity contribution in [2.75, 3.05) is 4.72 Å². The molecule has 0 aliphatic carbocycles. The van der Waals surface area contributed by atoms with E-state index in [1.54, 1.807) is 4.72 Å². The molecular formula is C6H7FNNaO3S. The van der Waals surface area contributed by atoms with Gasteiger partial charge in [-0.2, -0.15) is 8.42 Å². The van der Waals surface area contributed by atoms with Gasteiger partial charge in [0.05, 0.1) is 5.69 Å². The van der Waals surface area contributed by atoms with Gasteiger partial charge >= 0.3 is 39.9 Å². The minimum atomic E-state index is -4.26. The number of rotatable bonds is 2. The Bertz CT molecular complexity index is 369. The Hall–Kier alpha value is -0.140. The molecule has 1 aromatic rings. The molecule has 0 radical (unpaired) electrons. The number of benzene rings is 1. The third-order valence-electron chi connectivity index (χ3n) is 1.09. The molecule has 0 saturated heterocycles. The Labute approximate surface area is 98.8 Å². The first-order valence-corrected chi connectivity index (χ1v) is 4.42. The summed E-state index contributed by atoms with van der Waals surface area (Å²) in [6.45, 7) is 0. The zero-order valence-electron chi connectivity index (χ0n) is 7.86. The van der Waals surface area contributed by atoms with Gasteiger partial charge in [0.25, 0.3) is 0 Å². The monoisotopic (exact) mass is 215 g/mol. The molecule has 0 bridgehead atoms. The van der Waals surface area contributed by atoms with Crippen molar-refractivity contribution in [1.82, 2.24) is 0 Å². The fourth-order valence-corrected chi connectivity index (χ4v) is 1.10. The van der Waals surface area contributed by atoms with Crippen LogP contribution in [0, 0.1) is 5.82 Å². The summed E-state index contributed by atoms with van der Waals surface area (Å²) < 4.78 is 42.8. The smallest absolute Gasteiger partial charge is 1.00 e. The molecule has 0 atom stereocenters. The fourth-order valence-electron chi connectivity index (χ4n) is 0.667. The summed E-state index contributed by atoms with van der Waals surface area (Å²) in [5, 5.41) is 0. The van der Waals surface area contributed by atoms with Crippen LogP contribution in [0.4, 0.5) is 10.1 Å². The van der Waals surface area contributed by atoms with Crippen LogP contribution in [-0.4, -0.2) is 13.0 Å². The van der Waals surface area contributed by atoms with E-state index < -0.39 is 16.1 Å². The van der Waals surface area contributed by atoms with Crippen molar-refractivity contribution < 1.29 is 48.3 Å². The predicted molar refractivity (Wildman–Crippen MR) is 42.7 cm³/mol. The van der Waals surface area contributed by atoms with E-state index >= 15 is 0 Å². The zero-order valence-corrected chi connectivity index (χ0v) is 9.68. The first-order chi connectivity index (χ1) is 5.47. The van der Waals surface area contributed by atoms with Gasteiger partial charge < -0.3 is 1.43 Å². The summed E-state index contributed by atoms with van der Waals surface area (Å²) in [5.74, 6) is -0.476. The van der Waals surface area contributed by atoms with E-state index in [9.17, 15) is 12.8 Å². The summed E-state index contributed by atoms with van der Waals surface area (Å²) in [4.78, 5) is 0. The van der Waals surface area contributed by atoms with E-state index in [2.05, 4.69) is 0 Å². The van der Waals surface area contributed by atoms with Crippen molar-refractivity contribution in [3.8, 4) is 0 Å². The van der Waals surface area contributed by atoms with E-state index in [1.807, 2.05) is 0 Å². The van der Waals surface area contributed by atoms with Crippen LogP contribution in [0.5, 0.6) is 0 Å². The van der Waals surface area contributed by atoms with Crippen molar-refractivity contribution >= 4 is 16.0 Å². The summed E-state index contributed by atoms with van der Waals surface area (Å²) in [6, 6.07) is 4.55. The molecule has 0 aliphatic rings. The largest absolute Gasteiger partial charge is 1.00 e. The molecule has 1 aromatic carbocycles. The third kappa shape index (κ3) is 5.22. The standard InChI is InChI=1S/C6H6FNO3S.Na.H/c7-5-1-3-6(4-2-5)8-12(9,10)11;;/h1-4,8H,(H,9,10,11);;/q;+1;-1. The molecule has 7 heteroatoms. The first kappa shape index (κ1) is 12.9. The summed E-state index contributed by atoms with van der Waals surface area (Å²) in [5.41, 5.74) is 0.110. The molecule has 0 unspecified atom stereocenters. The predicted octanol–water partition coefficient (Wildman–Crippen LogP) is -1.84. The molecule has 1 rings (SSSR count). The summed E-state index contributed by atoms with van der Waals surface area (Å²) >= 11 is 0. The normalized spacial score (nSPS) is 10.3. The van der Waals surface area contributed by atoms with Crippen molar-refractivity contribution in [2.45, 2.75) is 0 Å². The molecule has 0 heterocycles. The molecular weight excluding hydrogens is 208 g/mol. The van der Waals surface area contributed by atoms with Gasteiger partial charge in [-0.25, -0.2) is 4.39 Å².